The molecule has 5 heterocycles. The Morgan fingerprint density at radius 3 is 1.22 bits per heavy atom. The molecule has 93 heavy (non-hydrogen) atoms. The molecule has 10 rings (SSSR count). The maximum atomic E-state index is 13.0. The van der Waals surface area contributed by atoms with Crippen LogP contribution < -0.4 is 4.74 Å². The second-order valence-electron chi connectivity index (χ2n) is 23.1. The third-order valence-electron chi connectivity index (χ3n) is 16.8. The number of carboxylic acid groups (broad SMARTS) is 2. The van der Waals surface area contributed by atoms with Gasteiger partial charge in [-0.3, -0.25) is 52.9 Å². The standard InChI is InChI=1S/C22H25N3O4.C19H20N2O3.C15H18N2O4.C15H20N2O2/c1-24-19(10-9-16-6-3-2-4-7-16)25(20(26)11-12-21(27)28)18(22(24)29)14-17-8-5-13-23-15-17;1-14-19(23)20(2)18(15-9-5-3-6-10-15)21(14)17(22)13-24-16-11-7-4-8-12-16;1-10-15(21)16(2)14(11-6-4-3-5-7-11)17(10)12(18)8-9-13(19)20;1-4-8-13(18)17-11(2)15(19)16(3)14(17)12-9-6-5-7-10-12/h2-8,13,15,18-19H,9-12,14H2,1H3,(H,27,28);3-12,14,18H,13H2,1-2H3;3-7,10,14H,8-9H2,1-2H3,(H,19,20);5-7,9-11,14H,4,8H2,1-3H3/t18-,19?;14-,18?;10-,14?;/m111./s1. The second kappa shape index (κ2) is 33.2. The summed E-state index contributed by atoms with van der Waals surface area (Å²) in [6, 6.07) is 49.1. The lowest BCUT2D eigenvalue weighted by Crippen LogP contribution is -2.45. The van der Waals surface area contributed by atoms with E-state index in [0.717, 1.165) is 34.2 Å². The van der Waals surface area contributed by atoms with E-state index in [1.54, 1.807) is 109 Å². The van der Waals surface area contributed by atoms with Gasteiger partial charge in [0.2, 0.25) is 41.4 Å². The normalized spacial score (nSPS) is 20.7. The number of para-hydroxylation sites is 1. The lowest BCUT2D eigenvalue weighted by atomic mass is 10.0. The Hall–Kier alpha value is -10.3. The quantitative estimate of drug-likeness (QED) is 0.0779. The molecular weight excluding hydrogens is 1190 g/mol. The molecule has 0 radical (unpaired) electrons. The summed E-state index contributed by atoms with van der Waals surface area (Å²) in [5, 5.41) is 17.7. The van der Waals surface area contributed by atoms with Crippen molar-refractivity contribution in [3.63, 3.8) is 0 Å². The van der Waals surface area contributed by atoms with Crippen molar-refractivity contribution in [2.45, 2.75) is 134 Å². The Bertz CT molecular complexity index is 3520. The summed E-state index contributed by atoms with van der Waals surface area (Å²) in [6.07, 6.45) is 4.01. The number of aliphatic carboxylic acids is 2. The minimum Gasteiger partial charge on any atom is -0.484 e. The van der Waals surface area contributed by atoms with Crippen LogP contribution in [-0.2, 0) is 60.8 Å². The second-order valence-corrected chi connectivity index (χ2v) is 23.1. The van der Waals surface area contributed by atoms with E-state index in [0.29, 0.717) is 31.4 Å². The van der Waals surface area contributed by atoms with E-state index in [1.807, 2.05) is 153 Å². The van der Waals surface area contributed by atoms with Gasteiger partial charge in [0.05, 0.1) is 12.8 Å². The number of hydrogen-bond acceptors (Lipinski definition) is 12. The monoisotopic (exact) mass is 1270 g/mol. The molecule has 4 aliphatic rings. The SMILES string of the molecule is CCCC(=O)N1C(C)C(=O)N(C)C1c1ccccc1.CN1C(=O)[C@@H](Cc2cccnc2)N(C(=O)CCC(=O)O)C1CCc1ccccc1.C[C@@H]1C(=O)N(C)C(c2ccccc2)N1C(=O)CCC(=O)O.C[C@@H]1C(=O)N(C)C(c2ccccc2)N1C(=O)COc1ccccc1. The summed E-state index contributed by atoms with van der Waals surface area (Å²) >= 11 is 0. The maximum Gasteiger partial charge on any atom is 0.303 e. The smallest absolute Gasteiger partial charge is 0.303 e. The number of amides is 8. The molecule has 0 aliphatic carbocycles. The van der Waals surface area contributed by atoms with E-state index in [4.69, 9.17) is 14.9 Å². The van der Waals surface area contributed by atoms with Crippen molar-refractivity contribution in [2.75, 3.05) is 34.8 Å². The summed E-state index contributed by atoms with van der Waals surface area (Å²) in [7, 11) is 6.84. The number of carboxylic acids is 2. The maximum absolute atomic E-state index is 13.0. The van der Waals surface area contributed by atoms with Crippen LogP contribution in [0.3, 0.4) is 0 Å². The van der Waals surface area contributed by atoms with Gasteiger partial charge in [-0.05, 0) is 86.1 Å². The molecule has 490 valence electrons. The number of nitrogens with zero attached hydrogens (tertiary/aromatic N) is 9. The number of aromatic nitrogens is 1. The minimum absolute atomic E-state index is 0.00157. The van der Waals surface area contributed by atoms with Crippen molar-refractivity contribution >= 4 is 59.2 Å². The molecule has 5 aromatic carbocycles. The third-order valence-corrected chi connectivity index (χ3v) is 16.8. The first-order valence-corrected chi connectivity index (χ1v) is 31.1. The molecule has 5 unspecified atom stereocenters. The minimum atomic E-state index is -1.03. The van der Waals surface area contributed by atoms with E-state index in [2.05, 4.69) is 4.98 Å². The summed E-state index contributed by atoms with van der Waals surface area (Å²) in [5.74, 6) is -2.56. The number of pyridine rings is 1. The average Bonchev–Trinajstić information content (AvgIpc) is 1.67. The third kappa shape index (κ3) is 17.4. The molecule has 0 spiro atoms. The molecular formula is C71H83N9O13. The highest BCUT2D eigenvalue weighted by atomic mass is 16.5. The first-order chi connectivity index (χ1) is 44.6. The van der Waals surface area contributed by atoms with Crippen LogP contribution in [0.2, 0.25) is 0 Å². The predicted molar refractivity (Wildman–Crippen MR) is 345 cm³/mol. The van der Waals surface area contributed by atoms with Crippen LogP contribution in [0.1, 0.15) is 119 Å². The lowest BCUT2D eigenvalue weighted by molar-refractivity contribution is -0.142. The number of carbonyl (C=O) groups excluding carboxylic acids is 8. The van der Waals surface area contributed by atoms with Crippen molar-refractivity contribution in [2.24, 2.45) is 0 Å². The van der Waals surface area contributed by atoms with Crippen LogP contribution in [0.4, 0.5) is 0 Å². The van der Waals surface area contributed by atoms with Crippen LogP contribution in [0.15, 0.2) is 176 Å². The molecule has 0 bridgehead atoms. The topological polar surface area (TPSA) is 259 Å². The molecule has 2 N–H and O–H groups in total. The van der Waals surface area contributed by atoms with Crippen molar-refractivity contribution in [1.29, 1.82) is 0 Å². The number of likely N-dealkylation sites (N-methyl/N-ethyl adjacent to an activating group) is 4. The molecule has 22 heteroatoms. The van der Waals surface area contributed by atoms with Crippen molar-refractivity contribution in [1.82, 2.24) is 44.2 Å². The van der Waals surface area contributed by atoms with E-state index in [1.165, 1.54) is 9.80 Å². The van der Waals surface area contributed by atoms with E-state index in [9.17, 15) is 47.9 Å². The fourth-order valence-corrected chi connectivity index (χ4v) is 12.1. The number of rotatable bonds is 19. The Balaban J connectivity index is 0.000000178. The summed E-state index contributed by atoms with van der Waals surface area (Å²) in [6.45, 7) is 7.10. The molecule has 6 aromatic rings. The highest BCUT2D eigenvalue weighted by molar-refractivity contribution is 5.94. The molecule has 4 aliphatic heterocycles. The molecule has 1 aromatic heterocycles. The predicted octanol–water partition coefficient (Wildman–Crippen LogP) is 7.98. The Kier molecular flexibility index (Phi) is 25.0. The van der Waals surface area contributed by atoms with Crippen LogP contribution in [0, 0.1) is 0 Å². The zero-order chi connectivity index (χ0) is 67.5. The number of hydrogen-bond donors (Lipinski definition) is 2. The van der Waals surface area contributed by atoms with Crippen LogP contribution in [0.5, 0.6) is 5.75 Å². The highest BCUT2D eigenvalue weighted by Gasteiger charge is 2.49. The van der Waals surface area contributed by atoms with Gasteiger partial charge in [-0.25, -0.2) is 0 Å². The Morgan fingerprint density at radius 2 is 0.817 bits per heavy atom. The van der Waals surface area contributed by atoms with Crippen molar-refractivity contribution in [3.05, 3.63) is 204 Å². The summed E-state index contributed by atoms with van der Waals surface area (Å²) in [5.41, 5.74) is 4.71. The van der Waals surface area contributed by atoms with Gasteiger partial charge in [-0.1, -0.05) is 153 Å². The number of carbonyl (C=O) groups is 10. The highest BCUT2D eigenvalue weighted by Crippen LogP contribution is 2.37. The lowest BCUT2D eigenvalue weighted by Gasteiger charge is -2.30. The fourth-order valence-electron chi connectivity index (χ4n) is 12.1. The first-order valence-electron chi connectivity index (χ1n) is 31.1. The Morgan fingerprint density at radius 1 is 0.441 bits per heavy atom. The zero-order valence-corrected chi connectivity index (χ0v) is 53.8. The Labute approximate surface area is 542 Å². The van der Waals surface area contributed by atoms with Gasteiger partial charge in [0.25, 0.3) is 5.91 Å². The van der Waals surface area contributed by atoms with Gasteiger partial charge in [0.15, 0.2) is 6.61 Å². The first kappa shape index (κ1) is 70.2. The molecule has 4 fully saturated rings. The average molecular weight is 1270 g/mol. The van der Waals surface area contributed by atoms with Crippen LogP contribution in [-0.4, -0.2) is 179 Å². The largest absolute Gasteiger partial charge is 0.484 e. The number of ether oxygens (including phenoxy) is 1. The van der Waals surface area contributed by atoms with Crippen molar-refractivity contribution < 1.29 is 62.9 Å². The van der Waals surface area contributed by atoms with Gasteiger partial charge >= 0.3 is 11.9 Å². The molecule has 0 saturated carbocycles. The van der Waals surface area contributed by atoms with Crippen molar-refractivity contribution in [3.8, 4) is 5.75 Å². The molecule has 4 saturated heterocycles. The van der Waals surface area contributed by atoms with E-state index in [-0.39, 0.29) is 91.8 Å². The van der Waals surface area contributed by atoms with Crippen LogP contribution in [0.25, 0.3) is 0 Å². The fraction of sp³-hybridized carbons (Fsp3) is 0.366. The number of aryl methyl sites for hydroxylation is 1. The van der Waals surface area contributed by atoms with Gasteiger partial charge < -0.3 is 54.1 Å². The summed E-state index contributed by atoms with van der Waals surface area (Å²) < 4.78 is 5.56. The van der Waals surface area contributed by atoms with Gasteiger partial charge in [-0.2, -0.15) is 0 Å². The summed E-state index contributed by atoms with van der Waals surface area (Å²) in [4.78, 5) is 138. The molecule has 8 amide bonds. The van der Waals surface area contributed by atoms with Gasteiger partial charge in [-0.15, -0.1) is 0 Å². The van der Waals surface area contributed by atoms with Gasteiger partial charge in [0, 0.05) is 66.3 Å². The van der Waals surface area contributed by atoms with E-state index < -0.39 is 48.6 Å². The zero-order valence-electron chi connectivity index (χ0n) is 53.8. The van der Waals surface area contributed by atoms with E-state index >= 15 is 0 Å². The van der Waals surface area contributed by atoms with Crippen LogP contribution >= 0.6 is 0 Å². The number of benzene rings is 5. The molecule has 8 atom stereocenters. The van der Waals surface area contributed by atoms with Gasteiger partial charge in [0.1, 0.15) is 54.6 Å². The molecule has 22 nitrogen and oxygen atoms in total.